The number of hydrogen-bond acceptors (Lipinski definition) is 1. The van der Waals surface area contributed by atoms with Crippen molar-refractivity contribution in [1.82, 2.24) is 5.32 Å². The van der Waals surface area contributed by atoms with Crippen LogP contribution in [0.15, 0.2) is 28.7 Å². The lowest BCUT2D eigenvalue weighted by Gasteiger charge is -2.19. The van der Waals surface area contributed by atoms with Crippen molar-refractivity contribution >= 4 is 15.9 Å². The fourth-order valence-corrected chi connectivity index (χ4v) is 2.55. The Morgan fingerprint density at radius 3 is 2.61 bits per heavy atom. The lowest BCUT2D eigenvalue weighted by molar-refractivity contribution is 0.476. The maximum absolute atomic E-state index is 3.57. The molecule has 0 saturated heterocycles. The van der Waals surface area contributed by atoms with Gasteiger partial charge in [-0.1, -0.05) is 55.3 Å². The Morgan fingerprint density at radius 2 is 2.00 bits per heavy atom. The van der Waals surface area contributed by atoms with Crippen LogP contribution in [-0.2, 0) is 0 Å². The van der Waals surface area contributed by atoms with E-state index in [0.29, 0.717) is 5.92 Å². The monoisotopic (exact) mass is 311 g/mol. The molecule has 1 nitrogen and oxygen atoms in total. The summed E-state index contributed by atoms with van der Waals surface area (Å²) in [6.45, 7) is 9.04. The first-order chi connectivity index (χ1) is 8.63. The molecule has 1 aromatic carbocycles. The van der Waals surface area contributed by atoms with E-state index in [1.807, 2.05) is 0 Å². The molecule has 1 rings (SSSR count). The van der Waals surface area contributed by atoms with Crippen LogP contribution in [0.3, 0.4) is 0 Å². The summed E-state index contributed by atoms with van der Waals surface area (Å²) >= 11 is 3.57. The van der Waals surface area contributed by atoms with Crippen molar-refractivity contribution in [3.8, 4) is 0 Å². The molecule has 0 aliphatic rings. The van der Waals surface area contributed by atoms with Crippen molar-refractivity contribution < 1.29 is 0 Å². The molecule has 0 aromatic heterocycles. The molecule has 0 aliphatic carbocycles. The van der Waals surface area contributed by atoms with Crippen LogP contribution in [-0.4, -0.2) is 13.1 Å². The van der Waals surface area contributed by atoms with Crippen LogP contribution in [0.1, 0.15) is 51.5 Å². The quantitative estimate of drug-likeness (QED) is 0.668. The van der Waals surface area contributed by atoms with Crippen LogP contribution >= 0.6 is 15.9 Å². The summed E-state index contributed by atoms with van der Waals surface area (Å²) in [5, 5.41) is 3.56. The van der Waals surface area contributed by atoms with Gasteiger partial charge in [0, 0.05) is 11.0 Å². The van der Waals surface area contributed by atoms with Gasteiger partial charge in [-0.3, -0.25) is 0 Å². The average Bonchev–Trinajstić information content (AvgIpc) is 2.33. The first kappa shape index (κ1) is 15.7. The van der Waals surface area contributed by atoms with Gasteiger partial charge in [-0.2, -0.15) is 0 Å². The number of rotatable bonds is 8. The molecule has 0 radical (unpaired) electrons. The van der Waals surface area contributed by atoms with E-state index in [1.165, 1.54) is 29.3 Å². The fourth-order valence-electron chi connectivity index (χ4n) is 2.13. The predicted molar refractivity (Wildman–Crippen MR) is 84.1 cm³/mol. The molecule has 0 aliphatic heterocycles. The zero-order valence-electron chi connectivity index (χ0n) is 11.9. The van der Waals surface area contributed by atoms with E-state index in [1.54, 1.807) is 0 Å². The minimum absolute atomic E-state index is 0.636. The zero-order chi connectivity index (χ0) is 13.4. The molecule has 1 N–H and O–H groups in total. The lowest BCUT2D eigenvalue weighted by Crippen LogP contribution is -2.22. The van der Waals surface area contributed by atoms with E-state index in [0.717, 1.165) is 19.0 Å². The lowest BCUT2D eigenvalue weighted by atomic mass is 9.91. The van der Waals surface area contributed by atoms with Crippen molar-refractivity contribution in [2.24, 2.45) is 5.92 Å². The highest BCUT2D eigenvalue weighted by Gasteiger charge is 2.12. The summed E-state index contributed by atoms with van der Waals surface area (Å²) in [6.07, 6.45) is 3.77. The Labute approximate surface area is 120 Å². The minimum Gasteiger partial charge on any atom is -0.316 e. The Bertz CT molecular complexity index is 336. The van der Waals surface area contributed by atoms with Crippen molar-refractivity contribution in [3.05, 3.63) is 34.3 Å². The van der Waals surface area contributed by atoms with Gasteiger partial charge in [0.2, 0.25) is 0 Å². The average molecular weight is 312 g/mol. The molecule has 0 amide bonds. The first-order valence-electron chi connectivity index (χ1n) is 7.09. The summed E-state index contributed by atoms with van der Waals surface area (Å²) in [6, 6.07) is 8.76. The largest absolute Gasteiger partial charge is 0.316 e. The van der Waals surface area contributed by atoms with Crippen molar-refractivity contribution in [2.75, 3.05) is 13.1 Å². The molecule has 0 fully saturated rings. The SMILES string of the molecule is CCCNCC(CCC(C)C)c1cccc(Br)c1. The van der Waals surface area contributed by atoms with Gasteiger partial charge < -0.3 is 5.32 Å². The van der Waals surface area contributed by atoms with E-state index in [2.05, 4.69) is 66.3 Å². The topological polar surface area (TPSA) is 12.0 Å². The van der Waals surface area contributed by atoms with Gasteiger partial charge in [-0.05, 0) is 48.9 Å². The number of halogens is 1. The Hall–Kier alpha value is -0.340. The van der Waals surface area contributed by atoms with E-state index >= 15 is 0 Å². The highest BCUT2D eigenvalue weighted by atomic mass is 79.9. The Balaban J connectivity index is 2.63. The third-order valence-electron chi connectivity index (χ3n) is 3.23. The van der Waals surface area contributed by atoms with Crippen LogP contribution < -0.4 is 5.32 Å². The normalized spacial score (nSPS) is 12.9. The summed E-state index contributed by atoms with van der Waals surface area (Å²) < 4.78 is 1.19. The maximum atomic E-state index is 3.57. The second kappa shape index (κ2) is 8.71. The van der Waals surface area contributed by atoms with Gasteiger partial charge in [0.05, 0.1) is 0 Å². The van der Waals surface area contributed by atoms with Crippen LogP contribution in [0.5, 0.6) is 0 Å². The predicted octanol–water partition coefficient (Wildman–Crippen LogP) is 4.97. The molecule has 102 valence electrons. The number of hydrogen-bond donors (Lipinski definition) is 1. The summed E-state index contributed by atoms with van der Waals surface area (Å²) in [5.74, 6) is 1.42. The summed E-state index contributed by atoms with van der Waals surface area (Å²) in [7, 11) is 0. The molecular formula is C16H26BrN. The van der Waals surface area contributed by atoms with E-state index in [9.17, 15) is 0 Å². The standard InChI is InChI=1S/C16H26BrN/c1-4-10-18-12-15(9-8-13(2)3)14-6-5-7-16(17)11-14/h5-7,11,13,15,18H,4,8-10,12H2,1-3H3. The van der Waals surface area contributed by atoms with Crippen LogP contribution in [0, 0.1) is 5.92 Å². The molecule has 1 aromatic rings. The van der Waals surface area contributed by atoms with Gasteiger partial charge in [-0.15, -0.1) is 0 Å². The van der Waals surface area contributed by atoms with Crippen molar-refractivity contribution in [3.63, 3.8) is 0 Å². The zero-order valence-corrected chi connectivity index (χ0v) is 13.5. The van der Waals surface area contributed by atoms with Crippen LogP contribution in [0.2, 0.25) is 0 Å². The molecule has 0 spiro atoms. The van der Waals surface area contributed by atoms with Gasteiger partial charge in [0.25, 0.3) is 0 Å². The second-order valence-corrected chi connectivity index (χ2v) is 6.34. The van der Waals surface area contributed by atoms with Crippen LogP contribution in [0.4, 0.5) is 0 Å². The van der Waals surface area contributed by atoms with Gasteiger partial charge in [0.15, 0.2) is 0 Å². The molecular weight excluding hydrogens is 286 g/mol. The smallest absolute Gasteiger partial charge is 0.0178 e. The van der Waals surface area contributed by atoms with E-state index in [-0.39, 0.29) is 0 Å². The molecule has 18 heavy (non-hydrogen) atoms. The fraction of sp³-hybridized carbons (Fsp3) is 0.625. The maximum Gasteiger partial charge on any atom is 0.0178 e. The number of benzene rings is 1. The van der Waals surface area contributed by atoms with Gasteiger partial charge >= 0.3 is 0 Å². The van der Waals surface area contributed by atoms with Crippen molar-refractivity contribution in [2.45, 2.75) is 46.0 Å². The third kappa shape index (κ3) is 6.01. The number of nitrogens with one attached hydrogen (secondary N) is 1. The third-order valence-corrected chi connectivity index (χ3v) is 3.72. The summed E-state index contributed by atoms with van der Waals surface area (Å²) in [5.41, 5.74) is 1.45. The Kier molecular flexibility index (Phi) is 7.60. The molecule has 0 saturated carbocycles. The first-order valence-corrected chi connectivity index (χ1v) is 7.89. The highest BCUT2D eigenvalue weighted by molar-refractivity contribution is 9.10. The Morgan fingerprint density at radius 1 is 1.22 bits per heavy atom. The second-order valence-electron chi connectivity index (χ2n) is 5.43. The highest BCUT2D eigenvalue weighted by Crippen LogP contribution is 2.25. The molecule has 1 unspecified atom stereocenters. The molecule has 2 heteroatoms. The van der Waals surface area contributed by atoms with E-state index < -0.39 is 0 Å². The molecule has 0 bridgehead atoms. The van der Waals surface area contributed by atoms with Crippen molar-refractivity contribution in [1.29, 1.82) is 0 Å². The summed E-state index contributed by atoms with van der Waals surface area (Å²) in [4.78, 5) is 0. The van der Waals surface area contributed by atoms with Gasteiger partial charge in [-0.25, -0.2) is 0 Å². The van der Waals surface area contributed by atoms with Crippen LogP contribution in [0.25, 0.3) is 0 Å². The minimum atomic E-state index is 0.636. The van der Waals surface area contributed by atoms with E-state index in [4.69, 9.17) is 0 Å². The van der Waals surface area contributed by atoms with Gasteiger partial charge in [0.1, 0.15) is 0 Å². The molecule has 0 heterocycles. The molecule has 1 atom stereocenters.